The molecule has 0 saturated heterocycles. The van der Waals surface area contributed by atoms with Gasteiger partial charge in [0.05, 0.1) is 6.61 Å². The number of hydrogen-bond acceptors (Lipinski definition) is 4. The SMILES string of the molecule is O=C(c1n[nH]c(=O)[nH]1)N(CCO)Cc1ccccc1. The van der Waals surface area contributed by atoms with Crippen molar-refractivity contribution in [2.75, 3.05) is 13.2 Å². The van der Waals surface area contributed by atoms with Gasteiger partial charge in [-0.05, 0) is 5.56 Å². The van der Waals surface area contributed by atoms with Gasteiger partial charge in [0.1, 0.15) is 0 Å². The number of aliphatic hydroxyl groups excluding tert-OH is 1. The average molecular weight is 262 g/mol. The number of benzene rings is 1. The Labute approximate surface area is 108 Å². The van der Waals surface area contributed by atoms with E-state index in [1.54, 1.807) is 0 Å². The molecule has 2 rings (SSSR count). The topological polar surface area (TPSA) is 102 Å². The molecule has 0 atom stereocenters. The third kappa shape index (κ3) is 3.29. The van der Waals surface area contributed by atoms with Crippen molar-refractivity contribution in [2.24, 2.45) is 0 Å². The zero-order chi connectivity index (χ0) is 13.7. The Morgan fingerprint density at radius 2 is 2.05 bits per heavy atom. The highest BCUT2D eigenvalue weighted by atomic mass is 16.3. The van der Waals surface area contributed by atoms with Crippen molar-refractivity contribution in [1.29, 1.82) is 0 Å². The molecule has 0 aliphatic heterocycles. The molecule has 19 heavy (non-hydrogen) atoms. The summed E-state index contributed by atoms with van der Waals surface area (Å²) in [5.74, 6) is -0.495. The first kappa shape index (κ1) is 13.0. The summed E-state index contributed by atoms with van der Waals surface area (Å²) in [5.41, 5.74) is 0.397. The van der Waals surface area contributed by atoms with Crippen LogP contribution in [0.4, 0.5) is 0 Å². The molecule has 1 amide bonds. The van der Waals surface area contributed by atoms with Gasteiger partial charge in [-0.3, -0.25) is 9.78 Å². The van der Waals surface area contributed by atoms with Crippen LogP contribution in [-0.2, 0) is 6.54 Å². The number of rotatable bonds is 5. The van der Waals surface area contributed by atoms with Gasteiger partial charge in [-0.25, -0.2) is 9.89 Å². The third-order valence-corrected chi connectivity index (χ3v) is 2.58. The van der Waals surface area contributed by atoms with E-state index in [-0.39, 0.29) is 19.0 Å². The monoisotopic (exact) mass is 262 g/mol. The van der Waals surface area contributed by atoms with Gasteiger partial charge in [-0.1, -0.05) is 30.3 Å². The number of amides is 1. The van der Waals surface area contributed by atoms with Crippen molar-refractivity contribution in [3.8, 4) is 0 Å². The highest BCUT2D eigenvalue weighted by Gasteiger charge is 2.18. The van der Waals surface area contributed by atoms with Crippen molar-refractivity contribution < 1.29 is 9.90 Å². The van der Waals surface area contributed by atoms with Gasteiger partial charge < -0.3 is 10.0 Å². The second-order valence-corrected chi connectivity index (χ2v) is 3.96. The minimum atomic E-state index is -0.535. The first-order chi connectivity index (χ1) is 9.20. The van der Waals surface area contributed by atoms with E-state index in [1.165, 1.54) is 4.90 Å². The molecule has 0 spiro atoms. The van der Waals surface area contributed by atoms with Crippen molar-refractivity contribution in [3.63, 3.8) is 0 Å². The number of nitrogens with zero attached hydrogens (tertiary/aromatic N) is 2. The van der Waals surface area contributed by atoms with E-state index in [0.29, 0.717) is 6.54 Å². The lowest BCUT2D eigenvalue weighted by molar-refractivity contribution is 0.0696. The zero-order valence-electron chi connectivity index (χ0n) is 10.2. The Balaban J connectivity index is 2.15. The van der Waals surface area contributed by atoms with E-state index in [9.17, 15) is 9.59 Å². The van der Waals surface area contributed by atoms with Gasteiger partial charge in [-0.2, -0.15) is 0 Å². The molecule has 7 nitrogen and oxygen atoms in total. The molecule has 0 bridgehead atoms. The van der Waals surface area contributed by atoms with E-state index in [2.05, 4.69) is 15.2 Å². The van der Waals surface area contributed by atoms with Crippen molar-refractivity contribution in [2.45, 2.75) is 6.54 Å². The summed E-state index contributed by atoms with van der Waals surface area (Å²) in [6.45, 7) is 0.352. The van der Waals surface area contributed by atoms with Crippen molar-refractivity contribution >= 4 is 5.91 Å². The molecule has 0 aliphatic carbocycles. The standard InChI is InChI=1S/C12H14N4O3/c17-7-6-16(8-9-4-2-1-3-5-9)11(18)10-13-12(19)15-14-10/h1-5,17H,6-8H2,(H2,13,14,15,19). The van der Waals surface area contributed by atoms with Crippen LogP contribution in [0, 0.1) is 0 Å². The number of carbonyl (C=O) groups excluding carboxylic acids is 1. The highest BCUT2D eigenvalue weighted by molar-refractivity contribution is 5.90. The molecular formula is C12H14N4O3. The Bertz CT molecular complexity index is 590. The maximum Gasteiger partial charge on any atom is 0.341 e. The lowest BCUT2D eigenvalue weighted by Crippen LogP contribution is -2.34. The largest absolute Gasteiger partial charge is 0.395 e. The first-order valence-corrected chi connectivity index (χ1v) is 5.79. The summed E-state index contributed by atoms with van der Waals surface area (Å²) in [6, 6.07) is 9.38. The first-order valence-electron chi connectivity index (χ1n) is 5.79. The molecule has 0 aliphatic rings. The van der Waals surface area contributed by atoms with Crippen LogP contribution in [0.15, 0.2) is 35.1 Å². The summed E-state index contributed by atoms with van der Waals surface area (Å²) >= 11 is 0. The van der Waals surface area contributed by atoms with Gasteiger partial charge >= 0.3 is 5.69 Å². The minimum absolute atomic E-state index is 0.0608. The third-order valence-electron chi connectivity index (χ3n) is 2.58. The van der Waals surface area contributed by atoms with Crippen LogP contribution in [0.5, 0.6) is 0 Å². The quantitative estimate of drug-likeness (QED) is 0.690. The van der Waals surface area contributed by atoms with Crippen LogP contribution < -0.4 is 5.69 Å². The summed E-state index contributed by atoms with van der Waals surface area (Å²) in [4.78, 5) is 26.8. The summed E-state index contributed by atoms with van der Waals surface area (Å²) in [5, 5.41) is 14.8. The second-order valence-electron chi connectivity index (χ2n) is 3.96. The second kappa shape index (κ2) is 5.96. The molecule has 100 valence electrons. The molecule has 1 heterocycles. The van der Waals surface area contributed by atoms with E-state index in [4.69, 9.17) is 5.11 Å². The Kier molecular flexibility index (Phi) is 4.09. The minimum Gasteiger partial charge on any atom is -0.395 e. The van der Waals surface area contributed by atoms with Gasteiger partial charge in [0, 0.05) is 13.1 Å². The maximum atomic E-state index is 12.1. The summed E-state index contributed by atoms with van der Waals surface area (Å²) in [6.07, 6.45) is 0. The number of aliphatic hydroxyl groups is 1. The molecule has 3 N–H and O–H groups in total. The number of aromatic amines is 2. The van der Waals surface area contributed by atoms with Crippen LogP contribution in [0.3, 0.4) is 0 Å². The lowest BCUT2D eigenvalue weighted by atomic mass is 10.2. The average Bonchev–Trinajstić information content (AvgIpc) is 2.85. The molecule has 0 unspecified atom stereocenters. The van der Waals surface area contributed by atoms with Crippen LogP contribution in [-0.4, -0.2) is 44.2 Å². The highest BCUT2D eigenvalue weighted by Crippen LogP contribution is 2.06. The van der Waals surface area contributed by atoms with Crippen LogP contribution in [0.1, 0.15) is 16.2 Å². The molecule has 0 radical (unpaired) electrons. The zero-order valence-corrected chi connectivity index (χ0v) is 10.2. The molecule has 1 aromatic carbocycles. The van der Waals surface area contributed by atoms with E-state index in [0.717, 1.165) is 5.56 Å². The summed E-state index contributed by atoms with van der Waals surface area (Å²) < 4.78 is 0. The molecule has 0 fully saturated rings. The Hall–Kier alpha value is -2.41. The predicted octanol–water partition coefficient (Wildman–Crippen LogP) is -0.267. The van der Waals surface area contributed by atoms with E-state index < -0.39 is 11.6 Å². The van der Waals surface area contributed by atoms with Gasteiger partial charge in [0.2, 0.25) is 5.82 Å². The van der Waals surface area contributed by atoms with E-state index >= 15 is 0 Å². The number of nitrogens with one attached hydrogen (secondary N) is 2. The molecule has 7 heteroatoms. The van der Waals surface area contributed by atoms with E-state index in [1.807, 2.05) is 30.3 Å². The van der Waals surface area contributed by atoms with Crippen LogP contribution >= 0.6 is 0 Å². The fourth-order valence-electron chi connectivity index (χ4n) is 1.70. The number of H-pyrrole nitrogens is 2. The van der Waals surface area contributed by atoms with Crippen molar-refractivity contribution in [1.82, 2.24) is 20.1 Å². The van der Waals surface area contributed by atoms with Gasteiger partial charge in [0.25, 0.3) is 5.91 Å². The lowest BCUT2D eigenvalue weighted by Gasteiger charge is -2.20. The number of carbonyl (C=O) groups is 1. The maximum absolute atomic E-state index is 12.1. The van der Waals surface area contributed by atoms with Crippen LogP contribution in [0.25, 0.3) is 0 Å². The Morgan fingerprint density at radius 3 is 2.63 bits per heavy atom. The van der Waals surface area contributed by atoms with Gasteiger partial charge in [0.15, 0.2) is 0 Å². The fraction of sp³-hybridized carbons (Fsp3) is 0.250. The van der Waals surface area contributed by atoms with Gasteiger partial charge in [-0.15, -0.1) is 5.10 Å². The molecule has 2 aromatic rings. The Morgan fingerprint density at radius 1 is 1.32 bits per heavy atom. The summed E-state index contributed by atoms with van der Waals surface area (Å²) in [7, 11) is 0. The normalized spacial score (nSPS) is 10.4. The molecule has 1 aromatic heterocycles. The number of aromatic nitrogens is 3. The smallest absolute Gasteiger partial charge is 0.341 e. The predicted molar refractivity (Wildman–Crippen MR) is 67.5 cm³/mol. The molecular weight excluding hydrogens is 248 g/mol. The fourth-order valence-corrected chi connectivity index (χ4v) is 1.70. The molecule has 0 saturated carbocycles. The van der Waals surface area contributed by atoms with Crippen LogP contribution in [0.2, 0.25) is 0 Å². The van der Waals surface area contributed by atoms with Crippen molar-refractivity contribution in [3.05, 3.63) is 52.2 Å². The number of hydrogen-bond donors (Lipinski definition) is 3.